The van der Waals surface area contributed by atoms with Crippen molar-refractivity contribution in [3.05, 3.63) is 20.8 Å². The minimum Gasteiger partial charge on any atom is -0.448 e. The Bertz CT molecular complexity index is 969. The molecule has 0 atom stereocenters. The average molecular weight is 451 g/mol. The van der Waals surface area contributed by atoms with E-state index in [0.29, 0.717) is 26.2 Å². The fourth-order valence-corrected chi connectivity index (χ4v) is 6.37. The van der Waals surface area contributed by atoms with E-state index >= 15 is 0 Å². The van der Waals surface area contributed by atoms with Crippen molar-refractivity contribution in [2.24, 2.45) is 0 Å². The smallest absolute Gasteiger partial charge is 0.409 e. The molecule has 2 aliphatic rings. The van der Waals surface area contributed by atoms with Crippen LogP contribution >= 0.6 is 23.1 Å². The molecule has 0 radical (unpaired) electrons. The lowest BCUT2D eigenvalue weighted by Crippen LogP contribution is -2.27. The maximum atomic E-state index is 13.5. The number of carbonyl (C=O) groups is 1. The first-order chi connectivity index (χ1) is 14.5. The van der Waals surface area contributed by atoms with E-state index in [2.05, 4.69) is 19.0 Å². The quantitative estimate of drug-likeness (QED) is 0.332. The number of carbonyl (C=O) groups excluding carboxylic acids is 1. The van der Waals surface area contributed by atoms with Crippen LogP contribution in [0.15, 0.2) is 9.95 Å². The third-order valence-corrected chi connectivity index (χ3v) is 7.92. The van der Waals surface area contributed by atoms with Gasteiger partial charge in [-0.1, -0.05) is 11.8 Å². The van der Waals surface area contributed by atoms with Crippen LogP contribution in [0.2, 0.25) is 0 Å². The van der Waals surface area contributed by atoms with Crippen molar-refractivity contribution >= 4 is 39.4 Å². The zero-order valence-corrected chi connectivity index (χ0v) is 19.4. The molecule has 164 valence electrons. The predicted molar refractivity (Wildman–Crippen MR) is 122 cm³/mol. The number of rotatable bonds is 9. The predicted octanol–water partition coefficient (Wildman–Crippen LogP) is 3.22. The van der Waals surface area contributed by atoms with Crippen molar-refractivity contribution in [3.63, 3.8) is 0 Å². The summed E-state index contributed by atoms with van der Waals surface area (Å²) >= 11 is 3.34. The fourth-order valence-electron chi connectivity index (χ4n) is 4.12. The van der Waals surface area contributed by atoms with E-state index in [1.54, 1.807) is 28.0 Å². The Labute approximate surface area is 185 Å². The minimum absolute atomic E-state index is 0.128. The Balaban J connectivity index is 1.54. The Morgan fingerprint density at radius 3 is 2.77 bits per heavy atom. The van der Waals surface area contributed by atoms with Crippen LogP contribution in [-0.2, 0) is 24.1 Å². The molecule has 0 bridgehead atoms. The number of amides is 1. The summed E-state index contributed by atoms with van der Waals surface area (Å²) in [7, 11) is 4.11. The monoisotopic (exact) mass is 450 g/mol. The molecule has 2 aromatic heterocycles. The standard InChI is InChI=1S/C21H30N4O3S2/c1-23(2)9-5-11-25-19(26)17-15-7-3-4-8-16(15)30-18(17)22-20(25)29-14-6-10-24-12-13-28-21(24)27/h3-14H2,1-2H3. The Morgan fingerprint density at radius 1 is 1.17 bits per heavy atom. The first kappa shape index (κ1) is 21.6. The summed E-state index contributed by atoms with van der Waals surface area (Å²) in [5.74, 6) is 0.820. The number of hydrogen-bond acceptors (Lipinski definition) is 7. The highest BCUT2D eigenvalue weighted by Gasteiger charge is 2.23. The molecule has 1 aliphatic carbocycles. The zero-order chi connectivity index (χ0) is 21.1. The van der Waals surface area contributed by atoms with Crippen LogP contribution in [0.3, 0.4) is 0 Å². The molecule has 4 rings (SSSR count). The summed E-state index contributed by atoms with van der Waals surface area (Å²) in [6.45, 7) is 3.47. The first-order valence-corrected chi connectivity index (χ1v) is 12.6. The van der Waals surface area contributed by atoms with Crippen LogP contribution in [-0.4, -0.2) is 71.5 Å². The number of thioether (sulfide) groups is 1. The van der Waals surface area contributed by atoms with Crippen LogP contribution in [0, 0.1) is 0 Å². The molecule has 0 saturated carbocycles. The number of nitrogens with zero attached hydrogens (tertiary/aromatic N) is 4. The van der Waals surface area contributed by atoms with E-state index in [9.17, 15) is 9.59 Å². The highest BCUT2D eigenvalue weighted by atomic mass is 32.2. The number of hydrogen-bond donors (Lipinski definition) is 0. The molecule has 30 heavy (non-hydrogen) atoms. The molecule has 1 fully saturated rings. The number of cyclic esters (lactones) is 1. The third kappa shape index (κ3) is 4.68. The second kappa shape index (κ2) is 9.70. The average Bonchev–Trinajstić information content (AvgIpc) is 3.30. The van der Waals surface area contributed by atoms with Crippen molar-refractivity contribution in [2.75, 3.05) is 46.1 Å². The Kier molecular flexibility index (Phi) is 7.00. The van der Waals surface area contributed by atoms with Gasteiger partial charge in [-0.25, -0.2) is 9.78 Å². The van der Waals surface area contributed by atoms with Crippen molar-refractivity contribution in [2.45, 2.75) is 50.2 Å². The number of aromatic nitrogens is 2. The van der Waals surface area contributed by atoms with Crippen molar-refractivity contribution in [1.82, 2.24) is 19.4 Å². The minimum atomic E-state index is -0.218. The van der Waals surface area contributed by atoms with Crippen LogP contribution in [0.4, 0.5) is 4.79 Å². The van der Waals surface area contributed by atoms with Crippen molar-refractivity contribution in [3.8, 4) is 0 Å². The number of thiophene rings is 1. The molecule has 1 amide bonds. The number of aryl methyl sites for hydroxylation is 2. The first-order valence-electron chi connectivity index (χ1n) is 10.8. The van der Waals surface area contributed by atoms with E-state index in [4.69, 9.17) is 9.72 Å². The lowest BCUT2D eigenvalue weighted by atomic mass is 9.97. The van der Waals surface area contributed by atoms with Gasteiger partial charge in [-0.2, -0.15) is 0 Å². The Hall–Kier alpha value is -1.58. The van der Waals surface area contributed by atoms with Gasteiger partial charge in [0.1, 0.15) is 11.4 Å². The van der Waals surface area contributed by atoms with Crippen molar-refractivity contribution < 1.29 is 9.53 Å². The normalized spacial score (nSPS) is 16.5. The molecule has 0 unspecified atom stereocenters. The summed E-state index contributed by atoms with van der Waals surface area (Å²) in [6, 6.07) is 0. The number of ether oxygens (including phenoxy) is 1. The van der Waals surface area contributed by atoms with Gasteiger partial charge in [0.05, 0.1) is 11.9 Å². The lowest BCUT2D eigenvalue weighted by Gasteiger charge is -2.15. The summed E-state index contributed by atoms with van der Waals surface area (Å²) < 4.78 is 6.88. The fraction of sp³-hybridized carbons (Fsp3) is 0.667. The lowest BCUT2D eigenvalue weighted by molar-refractivity contribution is 0.158. The van der Waals surface area contributed by atoms with Gasteiger partial charge in [-0.3, -0.25) is 9.36 Å². The maximum Gasteiger partial charge on any atom is 0.409 e. The molecule has 3 heterocycles. The summed E-state index contributed by atoms with van der Waals surface area (Å²) in [6.07, 6.45) is 5.99. The highest BCUT2D eigenvalue weighted by molar-refractivity contribution is 7.99. The van der Waals surface area contributed by atoms with Crippen LogP contribution in [0.5, 0.6) is 0 Å². The van der Waals surface area contributed by atoms with Gasteiger partial charge in [-0.05, 0) is 64.7 Å². The third-order valence-electron chi connectivity index (χ3n) is 5.68. The Morgan fingerprint density at radius 2 is 2.00 bits per heavy atom. The molecular weight excluding hydrogens is 420 g/mol. The van der Waals surface area contributed by atoms with Gasteiger partial charge < -0.3 is 14.5 Å². The van der Waals surface area contributed by atoms with E-state index in [1.165, 1.54) is 16.9 Å². The van der Waals surface area contributed by atoms with Crippen LogP contribution < -0.4 is 5.56 Å². The highest BCUT2D eigenvalue weighted by Crippen LogP contribution is 2.34. The molecule has 7 nitrogen and oxygen atoms in total. The summed E-state index contributed by atoms with van der Waals surface area (Å²) in [5.41, 5.74) is 1.38. The van der Waals surface area contributed by atoms with Gasteiger partial charge in [0.2, 0.25) is 0 Å². The van der Waals surface area contributed by atoms with E-state index in [-0.39, 0.29) is 11.7 Å². The summed E-state index contributed by atoms with van der Waals surface area (Å²) in [5, 5.41) is 1.68. The van der Waals surface area contributed by atoms with Gasteiger partial charge in [-0.15, -0.1) is 11.3 Å². The topological polar surface area (TPSA) is 67.7 Å². The molecule has 0 spiro atoms. The molecule has 0 aromatic carbocycles. The van der Waals surface area contributed by atoms with Gasteiger partial charge >= 0.3 is 6.09 Å². The van der Waals surface area contributed by atoms with E-state index in [0.717, 1.165) is 59.8 Å². The van der Waals surface area contributed by atoms with Gasteiger partial charge in [0.25, 0.3) is 5.56 Å². The largest absolute Gasteiger partial charge is 0.448 e. The molecule has 0 N–H and O–H groups in total. The molecule has 2 aromatic rings. The molecular formula is C21H30N4O3S2. The van der Waals surface area contributed by atoms with Crippen molar-refractivity contribution in [1.29, 1.82) is 0 Å². The summed E-state index contributed by atoms with van der Waals surface area (Å²) in [4.78, 5) is 36.2. The molecule has 9 heteroatoms. The maximum absolute atomic E-state index is 13.5. The van der Waals surface area contributed by atoms with E-state index < -0.39 is 0 Å². The second-order valence-electron chi connectivity index (χ2n) is 8.20. The van der Waals surface area contributed by atoms with Gasteiger partial charge in [0, 0.05) is 23.7 Å². The number of fused-ring (bicyclic) bond motifs is 3. The van der Waals surface area contributed by atoms with Crippen LogP contribution in [0.25, 0.3) is 10.2 Å². The van der Waals surface area contributed by atoms with E-state index in [1.807, 2.05) is 4.57 Å². The second-order valence-corrected chi connectivity index (χ2v) is 10.3. The molecule has 1 aliphatic heterocycles. The zero-order valence-electron chi connectivity index (χ0n) is 17.8. The van der Waals surface area contributed by atoms with Crippen LogP contribution in [0.1, 0.15) is 36.1 Å². The molecule has 1 saturated heterocycles. The van der Waals surface area contributed by atoms with Gasteiger partial charge in [0.15, 0.2) is 5.16 Å². The SMILES string of the molecule is CN(C)CCCn1c(SCCCN2CCOC2=O)nc2sc3c(c2c1=O)CCCC3.